The lowest BCUT2D eigenvalue weighted by Crippen LogP contribution is -2.51. The third-order valence-corrected chi connectivity index (χ3v) is 3.41. The van der Waals surface area contributed by atoms with E-state index in [9.17, 15) is 0 Å². The molecule has 1 fully saturated rings. The quantitative estimate of drug-likeness (QED) is 0.772. The molecule has 0 bridgehead atoms. The van der Waals surface area contributed by atoms with Crippen LogP contribution in [-0.4, -0.2) is 49.3 Å². The van der Waals surface area contributed by atoms with Crippen LogP contribution in [0.4, 0.5) is 0 Å². The summed E-state index contributed by atoms with van der Waals surface area (Å²) in [5.74, 6) is 0.690. The average Bonchev–Trinajstić information content (AvgIpc) is 2.22. The molecule has 0 aromatic rings. The van der Waals surface area contributed by atoms with Gasteiger partial charge in [0.15, 0.2) is 0 Å². The van der Waals surface area contributed by atoms with Crippen molar-refractivity contribution in [2.45, 2.75) is 59.3 Å². The second-order valence-electron chi connectivity index (χ2n) is 5.78. The zero-order valence-corrected chi connectivity index (χ0v) is 12.2. The van der Waals surface area contributed by atoms with E-state index in [0.717, 1.165) is 26.2 Å². The van der Waals surface area contributed by atoms with Crippen molar-refractivity contribution in [3.63, 3.8) is 0 Å². The van der Waals surface area contributed by atoms with E-state index in [1.165, 1.54) is 6.42 Å². The van der Waals surface area contributed by atoms with Crippen molar-refractivity contribution in [1.82, 2.24) is 10.2 Å². The van der Waals surface area contributed by atoms with Crippen LogP contribution in [0, 0.1) is 5.92 Å². The van der Waals surface area contributed by atoms with Crippen LogP contribution in [0.25, 0.3) is 0 Å². The summed E-state index contributed by atoms with van der Waals surface area (Å²) in [5.41, 5.74) is 0. The Balaban J connectivity index is 2.42. The number of nitrogens with one attached hydrogen (secondary N) is 1. The fourth-order valence-corrected chi connectivity index (χ4v) is 2.55. The van der Waals surface area contributed by atoms with Gasteiger partial charge in [-0.25, -0.2) is 0 Å². The number of nitrogens with zero attached hydrogens (tertiary/aromatic N) is 1. The summed E-state index contributed by atoms with van der Waals surface area (Å²) in [4.78, 5) is 2.55. The minimum atomic E-state index is 0.373. The largest absolute Gasteiger partial charge is 0.373 e. The van der Waals surface area contributed by atoms with Gasteiger partial charge in [0.25, 0.3) is 0 Å². The van der Waals surface area contributed by atoms with Gasteiger partial charge in [-0.3, -0.25) is 4.90 Å². The number of ether oxygens (including phenoxy) is 1. The molecule has 0 radical (unpaired) electrons. The van der Waals surface area contributed by atoms with Gasteiger partial charge in [-0.15, -0.1) is 0 Å². The standard InChI is InChI=1S/C14H30N2O/c1-6-7-15-14(11(2)3)10-16-8-12(4)17-13(5)9-16/h11-15H,6-10H2,1-5H3. The van der Waals surface area contributed by atoms with Gasteiger partial charge >= 0.3 is 0 Å². The van der Waals surface area contributed by atoms with Gasteiger partial charge in [0.2, 0.25) is 0 Å². The fraction of sp³-hybridized carbons (Fsp3) is 1.00. The lowest BCUT2D eigenvalue weighted by atomic mass is 10.0. The Bertz CT molecular complexity index is 198. The van der Waals surface area contributed by atoms with Crippen molar-refractivity contribution in [2.24, 2.45) is 5.92 Å². The van der Waals surface area contributed by atoms with Crippen molar-refractivity contribution in [2.75, 3.05) is 26.2 Å². The number of rotatable bonds is 6. The van der Waals surface area contributed by atoms with E-state index in [-0.39, 0.29) is 0 Å². The molecule has 17 heavy (non-hydrogen) atoms. The first-order valence-corrected chi connectivity index (χ1v) is 7.14. The molecular formula is C14H30N2O. The van der Waals surface area contributed by atoms with Crippen molar-refractivity contribution in [1.29, 1.82) is 0 Å². The minimum Gasteiger partial charge on any atom is -0.373 e. The SMILES string of the molecule is CCCNC(CN1CC(C)OC(C)C1)C(C)C. The minimum absolute atomic E-state index is 0.373. The molecule has 0 amide bonds. The van der Waals surface area contributed by atoms with Gasteiger partial charge in [-0.2, -0.15) is 0 Å². The summed E-state index contributed by atoms with van der Waals surface area (Å²) in [6.45, 7) is 15.6. The summed E-state index contributed by atoms with van der Waals surface area (Å²) in [5, 5.41) is 3.66. The molecule has 1 rings (SSSR count). The molecule has 3 unspecified atom stereocenters. The van der Waals surface area contributed by atoms with Gasteiger partial charge in [-0.05, 0) is 32.7 Å². The normalized spacial score (nSPS) is 28.6. The molecule has 0 saturated carbocycles. The second-order valence-corrected chi connectivity index (χ2v) is 5.78. The van der Waals surface area contributed by atoms with Crippen LogP contribution in [0.5, 0.6) is 0 Å². The van der Waals surface area contributed by atoms with Crippen LogP contribution in [-0.2, 0) is 4.74 Å². The van der Waals surface area contributed by atoms with Crippen molar-refractivity contribution in [3.8, 4) is 0 Å². The van der Waals surface area contributed by atoms with Gasteiger partial charge in [0, 0.05) is 25.7 Å². The molecule has 1 saturated heterocycles. The molecule has 0 aliphatic carbocycles. The van der Waals surface area contributed by atoms with Crippen molar-refractivity contribution >= 4 is 0 Å². The van der Waals surface area contributed by atoms with E-state index in [2.05, 4.69) is 44.8 Å². The van der Waals surface area contributed by atoms with E-state index in [1.807, 2.05) is 0 Å². The van der Waals surface area contributed by atoms with E-state index in [0.29, 0.717) is 24.2 Å². The monoisotopic (exact) mass is 242 g/mol. The topological polar surface area (TPSA) is 24.5 Å². The molecule has 1 aliphatic heterocycles. The summed E-state index contributed by atoms with van der Waals surface area (Å²) >= 11 is 0. The molecule has 3 atom stereocenters. The molecule has 1 aliphatic rings. The molecule has 3 heteroatoms. The Labute approximate surface area is 107 Å². The summed E-state index contributed by atoms with van der Waals surface area (Å²) in [6, 6.07) is 0.604. The third kappa shape index (κ3) is 5.36. The Morgan fingerprint density at radius 1 is 1.24 bits per heavy atom. The summed E-state index contributed by atoms with van der Waals surface area (Å²) in [6.07, 6.45) is 1.95. The van der Waals surface area contributed by atoms with Crippen LogP contribution >= 0.6 is 0 Å². The van der Waals surface area contributed by atoms with Gasteiger partial charge in [0.1, 0.15) is 0 Å². The van der Waals surface area contributed by atoms with Gasteiger partial charge < -0.3 is 10.1 Å². The van der Waals surface area contributed by atoms with Crippen LogP contribution in [0.15, 0.2) is 0 Å². The fourth-order valence-electron chi connectivity index (χ4n) is 2.55. The first kappa shape index (κ1) is 14.9. The molecule has 0 aromatic carbocycles. The molecule has 1 heterocycles. The molecule has 0 spiro atoms. The highest BCUT2D eigenvalue weighted by molar-refractivity contribution is 4.80. The van der Waals surface area contributed by atoms with Crippen molar-refractivity contribution < 1.29 is 4.74 Å². The highest BCUT2D eigenvalue weighted by Crippen LogP contribution is 2.13. The van der Waals surface area contributed by atoms with Crippen LogP contribution in [0.2, 0.25) is 0 Å². The predicted octanol–water partition coefficient (Wildman–Crippen LogP) is 2.12. The molecular weight excluding hydrogens is 212 g/mol. The van der Waals surface area contributed by atoms with Crippen molar-refractivity contribution in [3.05, 3.63) is 0 Å². The highest BCUT2D eigenvalue weighted by atomic mass is 16.5. The smallest absolute Gasteiger partial charge is 0.0678 e. The van der Waals surface area contributed by atoms with E-state index in [1.54, 1.807) is 0 Å². The number of hydrogen-bond donors (Lipinski definition) is 1. The first-order chi connectivity index (χ1) is 8.02. The summed E-state index contributed by atoms with van der Waals surface area (Å²) in [7, 11) is 0. The molecule has 102 valence electrons. The summed E-state index contributed by atoms with van der Waals surface area (Å²) < 4.78 is 5.78. The Morgan fingerprint density at radius 2 is 1.82 bits per heavy atom. The first-order valence-electron chi connectivity index (χ1n) is 7.14. The lowest BCUT2D eigenvalue weighted by Gasteiger charge is -2.38. The van der Waals surface area contributed by atoms with Gasteiger partial charge in [-0.1, -0.05) is 20.8 Å². The van der Waals surface area contributed by atoms with E-state index in [4.69, 9.17) is 4.74 Å². The highest BCUT2D eigenvalue weighted by Gasteiger charge is 2.25. The maximum atomic E-state index is 5.78. The van der Waals surface area contributed by atoms with Crippen LogP contribution in [0.3, 0.4) is 0 Å². The van der Waals surface area contributed by atoms with Crippen LogP contribution in [0.1, 0.15) is 41.0 Å². The Hall–Kier alpha value is -0.120. The zero-order valence-electron chi connectivity index (χ0n) is 12.2. The molecule has 1 N–H and O–H groups in total. The Morgan fingerprint density at radius 3 is 2.29 bits per heavy atom. The Kier molecular flexibility index (Phi) is 6.45. The average molecular weight is 242 g/mol. The number of hydrogen-bond acceptors (Lipinski definition) is 3. The van der Waals surface area contributed by atoms with E-state index >= 15 is 0 Å². The maximum absolute atomic E-state index is 5.78. The molecule has 0 aromatic heterocycles. The zero-order chi connectivity index (χ0) is 12.8. The van der Waals surface area contributed by atoms with E-state index < -0.39 is 0 Å². The maximum Gasteiger partial charge on any atom is 0.0678 e. The lowest BCUT2D eigenvalue weighted by molar-refractivity contribution is -0.0708. The predicted molar refractivity (Wildman–Crippen MR) is 73.4 cm³/mol. The second kappa shape index (κ2) is 7.34. The van der Waals surface area contributed by atoms with Crippen LogP contribution < -0.4 is 5.32 Å². The third-order valence-electron chi connectivity index (χ3n) is 3.41. The molecule has 3 nitrogen and oxygen atoms in total. The van der Waals surface area contributed by atoms with Gasteiger partial charge in [0.05, 0.1) is 12.2 Å². The number of morpholine rings is 1.